The third-order valence-electron chi connectivity index (χ3n) is 3.86. The molecule has 0 aliphatic carbocycles. The Bertz CT molecular complexity index is 981. The van der Waals surface area contributed by atoms with E-state index in [0.29, 0.717) is 17.3 Å². The quantitative estimate of drug-likeness (QED) is 0.654. The molecule has 28 heavy (non-hydrogen) atoms. The SMILES string of the molecule is Cc1cc(C)nc(Nc2ccc(NC(=O)c3ccccc3C(F)(F)F)cc2)n1. The summed E-state index contributed by atoms with van der Waals surface area (Å²) in [5.41, 5.74) is 1.29. The number of nitrogens with zero attached hydrogens (tertiary/aromatic N) is 2. The Morgan fingerprint density at radius 2 is 1.46 bits per heavy atom. The lowest BCUT2D eigenvalue weighted by atomic mass is 10.1. The second kappa shape index (κ2) is 7.67. The fourth-order valence-corrected chi connectivity index (χ4v) is 2.67. The number of aryl methyl sites for hydroxylation is 2. The van der Waals surface area contributed by atoms with Crippen molar-refractivity contribution in [1.82, 2.24) is 9.97 Å². The summed E-state index contributed by atoms with van der Waals surface area (Å²) in [5.74, 6) is -0.389. The molecule has 2 N–H and O–H groups in total. The Morgan fingerprint density at radius 3 is 2.07 bits per heavy atom. The molecule has 0 atom stereocenters. The number of hydrogen-bond acceptors (Lipinski definition) is 4. The van der Waals surface area contributed by atoms with E-state index in [1.807, 2.05) is 19.9 Å². The second-order valence-corrected chi connectivity index (χ2v) is 6.17. The van der Waals surface area contributed by atoms with E-state index in [1.165, 1.54) is 12.1 Å². The number of anilines is 3. The van der Waals surface area contributed by atoms with E-state index in [-0.39, 0.29) is 0 Å². The van der Waals surface area contributed by atoms with Crippen LogP contribution in [0.1, 0.15) is 27.3 Å². The Hall–Kier alpha value is -3.42. The Balaban J connectivity index is 1.73. The monoisotopic (exact) mass is 386 g/mol. The van der Waals surface area contributed by atoms with Crippen molar-refractivity contribution in [3.63, 3.8) is 0 Å². The van der Waals surface area contributed by atoms with Crippen LogP contribution < -0.4 is 10.6 Å². The lowest BCUT2D eigenvalue weighted by Crippen LogP contribution is -2.18. The third kappa shape index (κ3) is 4.64. The summed E-state index contributed by atoms with van der Waals surface area (Å²) < 4.78 is 39.2. The predicted molar refractivity (Wildman–Crippen MR) is 101 cm³/mol. The first-order chi connectivity index (χ1) is 13.2. The molecule has 0 fully saturated rings. The van der Waals surface area contributed by atoms with E-state index >= 15 is 0 Å². The zero-order valence-electron chi connectivity index (χ0n) is 15.1. The van der Waals surface area contributed by atoms with E-state index in [4.69, 9.17) is 0 Å². The molecule has 2 aromatic carbocycles. The Morgan fingerprint density at radius 1 is 0.893 bits per heavy atom. The highest BCUT2D eigenvalue weighted by molar-refractivity contribution is 6.05. The van der Waals surface area contributed by atoms with Crippen LogP contribution >= 0.6 is 0 Å². The number of carbonyl (C=O) groups excluding carboxylic acids is 1. The van der Waals surface area contributed by atoms with Crippen LogP contribution in [0.15, 0.2) is 54.6 Å². The van der Waals surface area contributed by atoms with Gasteiger partial charge in [-0.3, -0.25) is 4.79 Å². The molecule has 0 radical (unpaired) electrons. The van der Waals surface area contributed by atoms with Gasteiger partial charge in [-0.05, 0) is 56.3 Å². The maximum atomic E-state index is 13.1. The maximum Gasteiger partial charge on any atom is 0.417 e. The molecule has 1 amide bonds. The van der Waals surface area contributed by atoms with E-state index in [0.717, 1.165) is 23.5 Å². The first-order valence-corrected chi connectivity index (χ1v) is 8.39. The van der Waals surface area contributed by atoms with Gasteiger partial charge in [0.2, 0.25) is 5.95 Å². The molecule has 0 aliphatic rings. The van der Waals surface area contributed by atoms with Crippen molar-refractivity contribution in [2.75, 3.05) is 10.6 Å². The molecule has 8 heteroatoms. The normalized spacial score (nSPS) is 11.2. The highest BCUT2D eigenvalue weighted by Crippen LogP contribution is 2.32. The minimum absolute atomic E-state index is 0.369. The molecule has 144 valence electrons. The number of hydrogen-bond donors (Lipinski definition) is 2. The maximum absolute atomic E-state index is 13.1. The van der Waals surface area contributed by atoms with Gasteiger partial charge in [-0.25, -0.2) is 9.97 Å². The zero-order valence-corrected chi connectivity index (χ0v) is 15.1. The summed E-state index contributed by atoms with van der Waals surface area (Å²) in [6.45, 7) is 3.72. The smallest absolute Gasteiger partial charge is 0.324 e. The largest absolute Gasteiger partial charge is 0.417 e. The lowest BCUT2D eigenvalue weighted by Gasteiger charge is -2.13. The molecule has 0 aliphatic heterocycles. The van der Waals surface area contributed by atoms with Gasteiger partial charge in [-0.1, -0.05) is 12.1 Å². The summed E-state index contributed by atoms with van der Waals surface area (Å²) in [4.78, 5) is 20.8. The van der Waals surface area contributed by atoms with Crippen LogP contribution in [0.4, 0.5) is 30.5 Å². The first-order valence-electron chi connectivity index (χ1n) is 8.39. The molecule has 3 aromatic rings. The number of rotatable bonds is 4. The van der Waals surface area contributed by atoms with Crippen LogP contribution in [0.5, 0.6) is 0 Å². The topological polar surface area (TPSA) is 66.9 Å². The number of benzene rings is 2. The number of aromatic nitrogens is 2. The van der Waals surface area contributed by atoms with Crippen LogP contribution in [0.3, 0.4) is 0 Å². The number of nitrogens with one attached hydrogen (secondary N) is 2. The lowest BCUT2D eigenvalue weighted by molar-refractivity contribution is -0.137. The number of carbonyl (C=O) groups is 1. The molecule has 1 aromatic heterocycles. The van der Waals surface area contributed by atoms with Crippen molar-refractivity contribution in [1.29, 1.82) is 0 Å². The Labute approximate surface area is 159 Å². The second-order valence-electron chi connectivity index (χ2n) is 6.17. The molecule has 0 saturated carbocycles. The van der Waals surface area contributed by atoms with Gasteiger partial charge >= 0.3 is 6.18 Å². The van der Waals surface area contributed by atoms with Crippen LogP contribution in [0.2, 0.25) is 0 Å². The molecule has 0 saturated heterocycles. The number of alkyl halides is 3. The van der Waals surface area contributed by atoms with Crippen LogP contribution in [-0.4, -0.2) is 15.9 Å². The molecular weight excluding hydrogens is 369 g/mol. The van der Waals surface area contributed by atoms with E-state index in [2.05, 4.69) is 20.6 Å². The summed E-state index contributed by atoms with van der Waals surface area (Å²) >= 11 is 0. The molecule has 3 rings (SSSR count). The van der Waals surface area contributed by atoms with Gasteiger partial charge in [-0.2, -0.15) is 13.2 Å². The van der Waals surface area contributed by atoms with Gasteiger partial charge in [0, 0.05) is 22.8 Å². The fourth-order valence-electron chi connectivity index (χ4n) is 2.67. The van der Waals surface area contributed by atoms with Crippen molar-refractivity contribution < 1.29 is 18.0 Å². The van der Waals surface area contributed by atoms with Crippen molar-refractivity contribution >= 4 is 23.2 Å². The molecule has 0 spiro atoms. The minimum atomic E-state index is -4.60. The fraction of sp³-hybridized carbons (Fsp3) is 0.150. The predicted octanol–water partition coefficient (Wildman–Crippen LogP) is 5.11. The molecule has 1 heterocycles. The van der Waals surface area contributed by atoms with Gasteiger partial charge in [0.15, 0.2) is 0 Å². The Kier molecular flexibility index (Phi) is 5.30. The highest BCUT2D eigenvalue weighted by Gasteiger charge is 2.34. The van der Waals surface area contributed by atoms with Gasteiger partial charge < -0.3 is 10.6 Å². The molecule has 5 nitrogen and oxygen atoms in total. The van der Waals surface area contributed by atoms with Gasteiger partial charge in [0.1, 0.15) is 0 Å². The number of halogens is 3. The van der Waals surface area contributed by atoms with Crippen molar-refractivity contribution in [2.45, 2.75) is 20.0 Å². The molecule has 0 bridgehead atoms. The summed E-state index contributed by atoms with van der Waals surface area (Å²) in [5, 5.41) is 5.53. The molecule has 0 unspecified atom stereocenters. The van der Waals surface area contributed by atoms with E-state index in [1.54, 1.807) is 24.3 Å². The average molecular weight is 386 g/mol. The van der Waals surface area contributed by atoms with Gasteiger partial charge in [0.25, 0.3) is 5.91 Å². The van der Waals surface area contributed by atoms with E-state index < -0.39 is 23.2 Å². The summed E-state index contributed by atoms with van der Waals surface area (Å²) in [6.07, 6.45) is -4.60. The van der Waals surface area contributed by atoms with Crippen LogP contribution in [-0.2, 0) is 6.18 Å². The van der Waals surface area contributed by atoms with Crippen molar-refractivity contribution in [3.8, 4) is 0 Å². The zero-order chi connectivity index (χ0) is 20.3. The van der Waals surface area contributed by atoms with Gasteiger partial charge in [-0.15, -0.1) is 0 Å². The highest BCUT2D eigenvalue weighted by atomic mass is 19.4. The molecular formula is C20H17F3N4O. The standard InChI is InChI=1S/C20H17F3N4O/c1-12-11-13(2)25-19(24-12)27-15-9-7-14(8-10-15)26-18(28)16-5-3-4-6-17(16)20(21,22)23/h3-11H,1-2H3,(H,26,28)(H,24,25,27). The summed E-state index contributed by atoms with van der Waals surface area (Å²) in [6, 6.07) is 13.0. The third-order valence-corrected chi connectivity index (χ3v) is 3.86. The van der Waals surface area contributed by atoms with E-state index in [9.17, 15) is 18.0 Å². The first kappa shape index (κ1) is 19.3. The van der Waals surface area contributed by atoms with Crippen molar-refractivity contribution in [3.05, 3.63) is 77.1 Å². The number of amides is 1. The van der Waals surface area contributed by atoms with Gasteiger partial charge in [0.05, 0.1) is 11.1 Å². The summed E-state index contributed by atoms with van der Waals surface area (Å²) in [7, 11) is 0. The van der Waals surface area contributed by atoms with Crippen LogP contribution in [0.25, 0.3) is 0 Å². The average Bonchev–Trinajstić information content (AvgIpc) is 2.62. The minimum Gasteiger partial charge on any atom is -0.324 e. The van der Waals surface area contributed by atoms with Crippen LogP contribution in [0, 0.1) is 13.8 Å². The van der Waals surface area contributed by atoms with Crippen molar-refractivity contribution in [2.24, 2.45) is 0 Å².